The predicted octanol–water partition coefficient (Wildman–Crippen LogP) is -0.249. The third-order valence-electron chi connectivity index (χ3n) is 3.87. The van der Waals surface area contributed by atoms with Crippen molar-refractivity contribution in [2.24, 2.45) is 25.9 Å². The van der Waals surface area contributed by atoms with Gasteiger partial charge in [-0.3, -0.25) is 9.36 Å². The van der Waals surface area contributed by atoms with Crippen molar-refractivity contribution < 1.29 is 8.42 Å². The summed E-state index contributed by atoms with van der Waals surface area (Å²) < 4.78 is 28.7. The Hall–Kier alpha value is -1.41. The van der Waals surface area contributed by atoms with E-state index in [1.807, 2.05) is 13.8 Å². The molecule has 0 radical (unpaired) electrons. The SMILES string of the molecule is C[C@H]1C[C@H](C)CN(S(=O)(=O)c2cn(C)c(=O)n(C)c2=O)C1. The van der Waals surface area contributed by atoms with Crippen LogP contribution in [0.5, 0.6) is 0 Å². The Morgan fingerprint density at radius 2 is 1.62 bits per heavy atom. The Kier molecular flexibility index (Phi) is 4.12. The maximum absolute atomic E-state index is 12.7. The summed E-state index contributed by atoms with van der Waals surface area (Å²) in [5.74, 6) is 0.500. The molecule has 0 saturated carbocycles. The van der Waals surface area contributed by atoms with Gasteiger partial charge in [0, 0.05) is 33.4 Å². The number of hydrogen-bond donors (Lipinski definition) is 0. The molecular formula is C13H21N3O4S. The lowest BCUT2D eigenvalue weighted by Crippen LogP contribution is -2.46. The first kappa shape index (κ1) is 16.0. The number of aromatic nitrogens is 2. The summed E-state index contributed by atoms with van der Waals surface area (Å²) in [6.07, 6.45) is 2.08. The lowest BCUT2D eigenvalue weighted by atomic mass is 9.94. The molecule has 2 rings (SSSR count). The average molecular weight is 315 g/mol. The average Bonchev–Trinajstić information content (AvgIpc) is 2.39. The molecule has 1 aromatic rings. The molecule has 0 aromatic carbocycles. The summed E-state index contributed by atoms with van der Waals surface area (Å²) in [5.41, 5.74) is -1.32. The minimum atomic E-state index is -3.88. The number of piperidine rings is 1. The molecule has 118 valence electrons. The van der Waals surface area contributed by atoms with Gasteiger partial charge in [0.15, 0.2) is 4.90 Å². The van der Waals surface area contributed by atoms with E-state index in [1.54, 1.807) is 0 Å². The van der Waals surface area contributed by atoms with Gasteiger partial charge < -0.3 is 4.57 Å². The molecule has 0 unspecified atom stereocenters. The minimum Gasteiger partial charge on any atom is -0.302 e. The van der Waals surface area contributed by atoms with Crippen LogP contribution in [0.1, 0.15) is 20.3 Å². The van der Waals surface area contributed by atoms with Gasteiger partial charge in [-0.1, -0.05) is 13.8 Å². The third kappa shape index (κ3) is 2.82. The monoisotopic (exact) mass is 315 g/mol. The summed E-state index contributed by atoms with van der Waals surface area (Å²) in [6.45, 7) is 4.80. The molecule has 21 heavy (non-hydrogen) atoms. The molecular weight excluding hydrogens is 294 g/mol. The highest BCUT2D eigenvalue weighted by Gasteiger charge is 2.34. The van der Waals surface area contributed by atoms with Gasteiger partial charge in [-0.15, -0.1) is 0 Å². The quantitative estimate of drug-likeness (QED) is 0.754. The van der Waals surface area contributed by atoms with E-state index in [-0.39, 0.29) is 16.7 Å². The predicted molar refractivity (Wildman–Crippen MR) is 78.6 cm³/mol. The standard InChI is InChI=1S/C13H21N3O4S/c1-9-5-10(2)7-16(6-9)21(19,20)11-8-14(3)13(18)15(4)12(11)17/h8-10H,5-7H2,1-4H3/t9-,10-/m0/s1. The highest BCUT2D eigenvalue weighted by Crippen LogP contribution is 2.25. The van der Waals surface area contributed by atoms with Crippen LogP contribution < -0.4 is 11.2 Å². The summed E-state index contributed by atoms with van der Waals surface area (Å²) in [6, 6.07) is 0. The second kappa shape index (κ2) is 5.42. The van der Waals surface area contributed by atoms with Crippen molar-refractivity contribution in [1.29, 1.82) is 0 Å². The molecule has 1 aliphatic rings. The van der Waals surface area contributed by atoms with Crippen LogP contribution in [-0.2, 0) is 24.1 Å². The molecule has 7 nitrogen and oxygen atoms in total. The van der Waals surface area contributed by atoms with Gasteiger partial charge >= 0.3 is 5.69 Å². The van der Waals surface area contributed by atoms with Crippen molar-refractivity contribution in [2.45, 2.75) is 25.2 Å². The second-order valence-corrected chi connectivity index (χ2v) is 7.93. The lowest BCUT2D eigenvalue weighted by Gasteiger charge is -2.33. The maximum atomic E-state index is 12.7. The first-order valence-corrected chi connectivity index (χ1v) is 8.35. The van der Waals surface area contributed by atoms with Crippen molar-refractivity contribution in [3.05, 3.63) is 27.0 Å². The molecule has 1 aromatic heterocycles. The van der Waals surface area contributed by atoms with Gasteiger partial charge in [0.05, 0.1) is 0 Å². The van der Waals surface area contributed by atoms with Crippen molar-refractivity contribution >= 4 is 10.0 Å². The third-order valence-corrected chi connectivity index (χ3v) is 5.68. The van der Waals surface area contributed by atoms with Gasteiger partial charge in [0.1, 0.15) is 0 Å². The largest absolute Gasteiger partial charge is 0.330 e. The zero-order chi connectivity index (χ0) is 15.9. The van der Waals surface area contributed by atoms with Gasteiger partial charge in [0.25, 0.3) is 5.56 Å². The fourth-order valence-corrected chi connectivity index (χ4v) is 4.72. The molecule has 0 aliphatic carbocycles. The minimum absolute atomic E-state index is 0.250. The molecule has 1 aliphatic heterocycles. The van der Waals surface area contributed by atoms with Crippen molar-refractivity contribution in [1.82, 2.24) is 13.4 Å². The van der Waals surface area contributed by atoms with Crippen molar-refractivity contribution in [2.75, 3.05) is 13.1 Å². The Labute approximate surface area is 123 Å². The van der Waals surface area contributed by atoms with Crippen LogP contribution in [0.3, 0.4) is 0 Å². The van der Waals surface area contributed by atoms with E-state index in [4.69, 9.17) is 0 Å². The van der Waals surface area contributed by atoms with Crippen molar-refractivity contribution in [3.63, 3.8) is 0 Å². The van der Waals surface area contributed by atoms with E-state index < -0.39 is 21.3 Å². The van der Waals surface area contributed by atoms with Crippen LogP contribution in [0, 0.1) is 11.8 Å². The number of sulfonamides is 1. The summed E-state index contributed by atoms with van der Waals surface area (Å²) in [7, 11) is -1.16. The fraction of sp³-hybridized carbons (Fsp3) is 0.692. The zero-order valence-corrected chi connectivity index (χ0v) is 13.6. The first-order valence-electron chi connectivity index (χ1n) is 6.91. The van der Waals surface area contributed by atoms with Crippen molar-refractivity contribution in [3.8, 4) is 0 Å². The van der Waals surface area contributed by atoms with Crippen LogP contribution >= 0.6 is 0 Å². The van der Waals surface area contributed by atoms with Crippen LogP contribution in [0.25, 0.3) is 0 Å². The summed E-state index contributed by atoms with van der Waals surface area (Å²) in [5, 5.41) is 0. The normalized spacial score (nSPS) is 24.2. The van der Waals surface area contributed by atoms with Gasteiger partial charge in [0.2, 0.25) is 10.0 Å². The van der Waals surface area contributed by atoms with E-state index in [9.17, 15) is 18.0 Å². The van der Waals surface area contributed by atoms with E-state index in [2.05, 4.69) is 0 Å². The smallest absolute Gasteiger partial charge is 0.302 e. The summed E-state index contributed by atoms with van der Waals surface area (Å²) in [4.78, 5) is 23.5. The van der Waals surface area contributed by atoms with Crippen LogP contribution in [0.15, 0.2) is 20.7 Å². The zero-order valence-electron chi connectivity index (χ0n) is 12.7. The topological polar surface area (TPSA) is 81.4 Å². The molecule has 0 bridgehead atoms. The summed E-state index contributed by atoms with van der Waals surface area (Å²) >= 11 is 0. The Balaban J connectivity index is 2.55. The molecule has 1 saturated heterocycles. The van der Waals surface area contributed by atoms with E-state index in [0.29, 0.717) is 13.1 Å². The molecule has 2 atom stereocenters. The first-order chi connectivity index (χ1) is 9.64. The molecule has 1 fully saturated rings. The highest BCUT2D eigenvalue weighted by molar-refractivity contribution is 7.89. The second-order valence-electron chi connectivity index (χ2n) is 6.02. The lowest BCUT2D eigenvalue weighted by molar-refractivity contribution is 0.222. The van der Waals surface area contributed by atoms with Gasteiger partial charge in [-0.05, 0) is 18.3 Å². The van der Waals surface area contributed by atoms with E-state index in [1.165, 1.54) is 18.4 Å². The maximum Gasteiger partial charge on any atom is 0.330 e. The number of aryl methyl sites for hydroxylation is 1. The van der Waals surface area contributed by atoms with Gasteiger partial charge in [-0.25, -0.2) is 13.2 Å². The van der Waals surface area contributed by atoms with Crippen LogP contribution in [0.4, 0.5) is 0 Å². The highest BCUT2D eigenvalue weighted by atomic mass is 32.2. The van der Waals surface area contributed by atoms with Crippen LogP contribution in [0.2, 0.25) is 0 Å². The fourth-order valence-electron chi connectivity index (χ4n) is 2.89. The van der Waals surface area contributed by atoms with Crippen LogP contribution in [-0.4, -0.2) is 34.9 Å². The van der Waals surface area contributed by atoms with Gasteiger partial charge in [-0.2, -0.15) is 4.31 Å². The Bertz CT molecular complexity index is 753. The molecule has 0 N–H and O–H groups in total. The Morgan fingerprint density at radius 1 is 1.10 bits per heavy atom. The number of nitrogens with zero attached hydrogens (tertiary/aromatic N) is 3. The Morgan fingerprint density at radius 3 is 2.14 bits per heavy atom. The molecule has 8 heteroatoms. The molecule has 0 spiro atoms. The van der Waals surface area contributed by atoms with E-state index in [0.717, 1.165) is 21.8 Å². The van der Waals surface area contributed by atoms with E-state index >= 15 is 0 Å². The number of hydrogen-bond acceptors (Lipinski definition) is 4. The number of rotatable bonds is 2. The molecule has 2 heterocycles. The molecule has 0 amide bonds.